The lowest BCUT2D eigenvalue weighted by Crippen LogP contribution is -2.71. The Labute approximate surface area is 222 Å². The van der Waals surface area contributed by atoms with Crippen molar-refractivity contribution in [3.8, 4) is 0 Å². The number of β-lactam (4-membered cyclic amide) rings is 1. The third-order valence-corrected chi connectivity index (χ3v) is 8.88. The van der Waals surface area contributed by atoms with Crippen molar-refractivity contribution >= 4 is 69.5 Å². The second kappa shape index (κ2) is 11.3. The molecular formula is C21H22N6O7S3. The number of ether oxygens (including phenoxy) is 1. The van der Waals surface area contributed by atoms with Gasteiger partial charge in [-0.1, -0.05) is 16.5 Å². The van der Waals surface area contributed by atoms with Gasteiger partial charge in [0.25, 0.3) is 18.3 Å². The lowest BCUT2D eigenvalue weighted by Gasteiger charge is -2.50. The Balaban J connectivity index is 1.50. The zero-order valence-electron chi connectivity index (χ0n) is 19.7. The molecule has 2 aliphatic heterocycles. The summed E-state index contributed by atoms with van der Waals surface area (Å²) >= 11 is 3.92. The Bertz CT molecular complexity index is 1300. The lowest BCUT2D eigenvalue weighted by atomic mass is 10.0. The average molecular weight is 567 g/mol. The molecular weight excluding hydrogens is 544 g/mol. The summed E-state index contributed by atoms with van der Waals surface area (Å²) in [6.45, 7) is 2.78. The molecule has 2 amide bonds. The van der Waals surface area contributed by atoms with Crippen LogP contribution in [0.3, 0.4) is 0 Å². The number of thiazole rings is 2. The average Bonchev–Trinajstić information content (AvgIpc) is 3.45. The van der Waals surface area contributed by atoms with Gasteiger partial charge in [0.05, 0.1) is 23.2 Å². The minimum atomic E-state index is -1.47. The number of thioether (sulfide) groups is 1. The monoisotopic (exact) mass is 566 g/mol. The highest BCUT2D eigenvalue weighted by atomic mass is 32.2. The molecule has 16 heteroatoms. The van der Waals surface area contributed by atoms with E-state index in [2.05, 4.69) is 15.5 Å². The Morgan fingerprint density at radius 3 is 2.86 bits per heavy atom. The predicted octanol–water partition coefficient (Wildman–Crippen LogP) is -1.45. The van der Waals surface area contributed by atoms with E-state index in [0.717, 1.165) is 26.8 Å². The van der Waals surface area contributed by atoms with Gasteiger partial charge in [-0.3, -0.25) is 19.3 Å². The number of oxime groups is 1. The molecule has 2 aromatic rings. The lowest BCUT2D eigenvalue weighted by molar-refractivity contribution is -0.690. The minimum absolute atomic E-state index is 0.155. The SMILES string of the molecule is CO/N=C(\C(=O)N[C@@H]1C(=O)N2C(C(=O)[O-])=C(C[n+]3csc(CCOC=O)c3C)CS[C@H]12)c1csc(N)n1. The number of nitrogens with two attached hydrogens (primary N) is 1. The van der Waals surface area contributed by atoms with Crippen molar-refractivity contribution in [1.82, 2.24) is 15.2 Å². The maximum atomic E-state index is 13.0. The van der Waals surface area contributed by atoms with Gasteiger partial charge in [0.1, 0.15) is 24.2 Å². The summed E-state index contributed by atoms with van der Waals surface area (Å²) < 4.78 is 6.64. The highest BCUT2D eigenvalue weighted by molar-refractivity contribution is 8.00. The zero-order valence-corrected chi connectivity index (χ0v) is 22.1. The van der Waals surface area contributed by atoms with E-state index >= 15 is 0 Å². The Hall–Kier alpha value is -3.50. The third kappa shape index (κ3) is 5.30. The molecule has 1 saturated heterocycles. The van der Waals surface area contributed by atoms with Crippen LogP contribution in [0.25, 0.3) is 0 Å². The van der Waals surface area contributed by atoms with Crippen LogP contribution in [-0.2, 0) is 41.7 Å². The van der Waals surface area contributed by atoms with Crippen LogP contribution >= 0.6 is 34.4 Å². The van der Waals surface area contributed by atoms with E-state index in [-0.39, 0.29) is 35.4 Å². The van der Waals surface area contributed by atoms with Crippen LogP contribution < -0.4 is 20.7 Å². The number of nitrogen functional groups attached to an aromatic ring is 1. The standard InChI is InChI=1S/C21H22N6O7S3/c1-10-13(3-4-34-9-28)37-8-26(10)5-11-6-35-19-15(18(30)27(19)16(11)20(31)32)24-17(29)14(25-33-2)12-7-36-21(22)23-12/h7-9,15,19H,3-6H2,1-2H3,(H3-,22,23,24,29,31,32)/b25-14-/t15-,19-/m1/s1. The molecule has 0 spiro atoms. The second-order valence-corrected chi connectivity index (χ2v) is 10.8. The van der Waals surface area contributed by atoms with Gasteiger partial charge in [-0.2, -0.15) is 4.57 Å². The molecule has 0 unspecified atom stereocenters. The fourth-order valence-electron chi connectivity index (χ4n) is 3.95. The highest BCUT2D eigenvalue weighted by Crippen LogP contribution is 2.40. The van der Waals surface area contributed by atoms with Gasteiger partial charge in [0, 0.05) is 30.1 Å². The quantitative estimate of drug-likeness (QED) is 0.0816. The van der Waals surface area contributed by atoms with Crippen LogP contribution in [0.1, 0.15) is 16.3 Å². The number of carboxylic acids is 1. The number of nitrogens with one attached hydrogen (secondary N) is 1. The van der Waals surface area contributed by atoms with Crippen molar-refractivity contribution in [2.45, 2.75) is 31.3 Å². The number of rotatable bonds is 11. The number of aromatic nitrogens is 2. The summed E-state index contributed by atoms with van der Waals surface area (Å²) in [6.07, 6.45) is 0.541. The fraction of sp³-hybridized carbons (Fsp3) is 0.381. The van der Waals surface area contributed by atoms with E-state index in [4.69, 9.17) is 15.3 Å². The van der Waals surface area contributed by atoms with E-state index in [0.29, 0.717) is 24.2 Å². The second-order valence-electron chi connectivity index (χ2n) is 7.87. The van der Waals surface area contributed by atoms with E-state index in [9.17, 15) is 24.3 Å². The Morgan fingerprint density at radius 2 is 2.22 bits per heavy atom. The molecule has 4 heterocycles. The summed E-state index contributed by atoms with van der Waals surface area (Å²) in [6, 6.07) is -0.966. The van der Waals surface area contributed by atoms with Gasteiger partial charge >= 0.3 is 0 Å². The van der Waals surface area contributed by atoms with Gasteiger partial charge in [0.15, 0.2) is 23.1 Å². The maximum Gasteiger partial charge on any atom is 0.293 e. The molecule has 4 rings (SSSR count). The van der Waals surface area contributed by atoms with E-state index in [1.165, 1.54) is 35.6 Å². The molecule has 196 valence electrons. The normalized spacial score (nSPS) is 19.2. The smallest absolute Gasteiger partial charge is 0.293 e. The molecule has 37 heavy (non-hydrogen) atoms. The van der Waals surface area contributed by atoms with Crippen molar-refractivity contribution in [3.05, 3.63) is 38.4 Å². The van der Waals surface area contributed by atoms with E-state index in [1.54, 1.807) is 0 Å². The number of amides is 2. The first-order chi connectivity index (χ1) is 17.8. The topological polar surface area (TPSA) is 180 Å². The van der Waals surface area contributed by atoms with Crippen molar-refractivity contribution in [2.24, 2.45) is 5.16 Å². The van der Waals surface area contributed by atoms with Crippen molar-refractivity contribution in [2.75, 3.05) is 25.2 Å². The van der Waals surface area contributed by atoms with Crippen LogP contribution in [0.15, 0.2) is 27.3 Å². The molecule has 0 aliphatic carbocycles. The van der Waals surface area contributed by atoms with Gasteiger partial charge in [-0.25, -0.2) is 4.98 Å². The van der Waals surface area contributed by atoms with Gasteiger partial charge in [0.2, 0.25) is 5.51 Å². The van der Waals surface area contributed by atoms with Crippen LogP contribution in [0.5, 0.6) is 0 Å². The number of carbonyl (C=O) groups excluding carboxylic acids is 4. The maximum absolute atomic E-state index is 13.0. The van der Waals surface area contributed by atoms with Crippen LogP contribution in [0.4, 0.5) is 5.13 Å². The molecule has 2 atom stereocenters. The summed E-state index contributed by atoms with van der Waals surface area (Å²) in [7, 11) is 1.27. The number of aliphatic carboxylic acids is 1. The number of hydrogen-bond donors (Lipinski definition) is 2. The number of carbonyl (C=O) groups is 4. The van der Waals surface area contributed by atoms with Crippen LogP contribution in [0.2, 0.25) is 0 Å². The molecule has 0 saturated carbocycles. The molecule has 13 nitrogen and oxygen atoms in total. The highest BCUT2D eigenvalue weighted by Gasteiger charge is 2.53. The summed E-state index contributed by atoms with van der Waals surface area (Å²) in [5.41, 5.74) is 8.76. The van der Waals surface area contributed by atoms with Gasteiger partial charge in [-0.05, 0) is 0 Å². The van der Waals surface area contributed by atoms with E-state index < -0.39 is 29.2 Å². The van der Waals surface area contributed by atoms with Crippen molar-refractivity contribution in [1.29, 1.82) is 0 Å². The summed E-state index contributed by atoms with van der Waals surface area (Å²) in [5, 5.41) is 19.5. The first kappa shape index (κ1) is 26.6. The molecule has 0 bridgehead atoms. The van der Waals surface area contributed by atoms with Crippen molar-refractivity contribution in [3.63, 3.8) is 0 Å². The summed E-state index contributed by atoms with van der Waals surface area (Å²) in [4.78, 5) is 59.3. The largest absolute Gasteiger partial charge is 0.543 e. The van der Waals surface area contributed by atoms with Crippen LogP contribution in [-0.4, -0.2) is 70.7 Å². The minimum Gasteiger partial charge on any atom is -0.543 e. The third-order valence-electron chi connectivity index (χ3n) is 5.72. The molecule has 2 aromatic heterocycles. The Morgan fingerprint density at radius 1 is 1.43 bits per heavy atom. The fourth-order valence-corrected chi connectivity index (χ4v) is 6.81. The zero-order chi connectivity index (χ0) is 26.7. The van der Waals surface area contributed by atoms with E-state index in [1.807, 2.05) is 17.0 Å². The summed E-state index contributed by atoms with van der Waals surface area (Å²) in [5.74, 6) is -2.43. The molecule has 1 fully saturated rings. The van der Waals surface area contributed by atoms with Crippen LogP contribution in [0, 0.1) is 6.92 Å². The molecule has 3 N–H and O–H groups in total. The molecule has 2 aliphatic rings. The Kier molecular flexibility index (Phi) is 8.09. The number of hydrogen-bond acceptors (Lipinski definition) is 13. The number of carboxylic acid groups (broad SMARTS) is 1. The number of nitrogens with zero attached hydrogens (tertiary/aromatic N) is 4. The molecule has 0 aromatic carbocycles. The number of fused-ring (bicyclic) bond motifs is 1. The first-order valence-corrected chi connectivity index (χ1v) is 13.6. The molecule has 0 radical (unpaired) electrons. The first-order valence-electron chi connectivity index (χ1n) is 10.8. The van der Waals surface area contributed by atoms with Gasteiger partial charge < -0.3 is 30.5 Å². The predicted molar refractivity (Wildman–Crippen MR) is 132 cm³/mol. The van der Waals surface area contributed by atoms with Gasteiger partial charge in [-0.15, -0.1) is 23.1 Å². The number of anilines is 1. The van der Waals surface area contributed by atoms with Crippen molar-refractivity contribution < 1.29 is 38.4 Å².